The van der Waals surface area contributed by atoms with Gasteiger partial charge in [0.2, 0.25) is 0 Å². The maximum atomic E-state index is 13.6. The van der Waals surface area contributed by atoms with Gasteiger partial charge in [0.25, 0.3) is 5.91 Å². The van der Waals surface area contributed by atoms with Crippen LogP contribution in [0, 0.1) is 5.82 Å². The molecule has 1 N–H and O–H groups in total. The zero-order chi connectivity index (χ0) is 17.9. The molecule has 1 amide bonds. The third-order valence-electron chi connectivity index (χ3n) is 2.65. The van der Waals surface area contributed by atoms with Gasteiger partial charge in [0, 0.05) is 10.7 Å². The molecule has 10 heteroatoms. The van der Waals surface area contributed by atoms with Gasteiger partial charge in [-0.1, -0.05) is 50.7 Å². The van der Waals surface area contributed by atoms with Gasteiger partial charge in [0.15, 0.2) is 12.3 Å². The molecular formula is C14H7BrCl3FN2O3. The largest absolute Gasteiger partial charge is 0.451 e. The second kappa shape index (κ2) is 8.11. The van der Waals surface area contributed by atoms with E-state index in [1.54, 1.807) is 6.07 Å². The molecular weight excluding hydrogens is 449 g/mol. The van der Waals surface area contributed by atoms with E-state index >= 15 is 0 Å². The van der Waals surface area contributed by atoms with Crippen LogP contribution in [0.15, 0.2) is 28.9 Å². The van der Waals surface area contributed by atoms with Crippen LogP contribution in [-0.4, -0.2) is 23.5 Å². The molecule has 2 rings (SSSR count). The first-order chi connectivity index (χ1) is 11.3. The lowest BCUT2D eigenvalue weighted by atomic mass is 10.3. The van der Waals surface area contributed by atoms with E-state index in [-0.39, 0.29) is 26.4 Å². The Hall–Kier alpha value is -1.41. The minimum atomic E-state index is -0.968. The second-order valence-electron chi connectivity index (χ2n) is 4.33. The number of halogens is 5. The lowest BCUT2D eigenvalue weighted by Gasteiger charge is -2.08. The molecule has 0 radical (unpaired) electrons. The number of anilines is 1. The minimum Gasteiger partial charge on any atom is -0.451 e. The van der Waals surface area contributed by atoms with E-state index in [0.717, 1.165) is 6.20 Å². The van der Waals surface area contributed by atoms with Crippen molar-refractivity contribution in [1.29, 1.82) is 0 Å². The molecule has 0 aliphatic heterocycles. The Morgan fingerprint density at radius 2 is 1.96 bits per heavy atom. The van der Waals surface area contributed by atoms with Gasteiger partial charge in [-0.05, 0) is 18.2 Å². The lowest BCUT2D eigenvalue weighted by Crippen LogP contribution is -2.22. The van der Waals surface area contributed by atoms with Crippen molar-refractivity contribution in [2.45, 2.75) is 0 Å². The topological polar surface area (TPSA) is 68.3 Å². The molecule has 126 valence electrons. The monoisotopic (exact) mass is 454 g/mol. The summed E-state index contributed by atoms with van der Waals surface area (Å²) in [5, 5.41) is 2.10. The zero-order valence-electron chi connectivity index (χ0n) is 11.6. The van der Waals surface area contributed by atoms with Crippen LogP contribution in [0.4, 0.5) is 10.1 Å². The summed E-state index contributed by atoms with van der Waals surface area (Å²) in [7, 11) is 0. The summed E-state index contributed by atoms with van der Waals surface area (Å²) in [6.45, 7) is -0.660. The molecule has 2 aromatic rings. The Morgan fingerprint density at radius 3 is 2.62 bits per heavy atom. The van der Waals surface area contributed by atoms with Gasteiger partial charge in [-0.2, -0.15) is 0 Å². The van der Waals surface area contributed by atoms with Gasteiger partial charge < -0.3 is 10.1 Å². The van der Waals surface area contributed by atoms with Crippen LogP contribution in [0.5, 0.6) is 0 Å². The van der Waals surface area contributed by atoms with Crippen molar-refractivity contribution in [1.82, 2.24) is 4.98 Å². The third kappa shape index (κ3) is 4.57. The van der Waals surface area contributed by atoms with Gasteiger partial charge in [-0.3, -0.25) is 4.79 Å². The quantitative estimate of drug-likeness (QED) is 0.675. The molecule has 5 nitrogen and oxygen atoms in total. The highest BCUT2D eigenvalue weighted by Gasteiger charge is 2.19. The molecule has 1 aromatic heterocycles. The van der Waals surface area contributed by atoms with Gasteiger partial charge in [0.1, 0.15) is 5.82 Å². The van der Waals surface area contributed by atoms with Crippen molar-refractivity contribution in [3.8, 4) is 0 Å². The number of ether oxygens (including phenoxy) is 1. The molecule has 0 saturated carbocycles. The maximum Gasteiger partial charge on any atom is 0.359 e. The average molecular weight is 456 g/mol. The molecule has 1 heterocycles. The molecule has 0 aliphatic rings. The van der Waals surface area contributed by atoms with Crippen molar-refractivity contribution in [2.75, 3.05) is 11.9 Å². The van der Waals surface area contributed by atoms with Crippen LogP contribution in [0.3, 0.4) is 0 Å². The number of amides is 1. The smallest absolute Gasteiger partial charge is 0.359 e. The molecule has 1 aromatic carbocycles. The van der Waals surface area contributed by atoms with Gasteiger partial charge in [-0.25, -0.2) is 14.2 Å². The standard InChI is InChI=1S/C14H7BrCl3FN2O3/c15-6-1-2-9(8(19)3-6)21-10(22)5-24-14(23)13-12(18)11(17)7(16)4-20-13/h1-4H,5H2,(H,21,22). The van der Waals surface area contributed by atoms with E-state index in [0.29, 0.717) is 4.47 Å². The number of benzene rings is 1. The molecule has 0 fully saturated rings. The molecule has 0 spiro atoms. The Kier molecular flexibility index (Phi) is 6.40. The fourth-order valence-corrected chi connectivity index (χ4v) is 2.45. The minimum absolute atomic E-state index is 0.0510. The number of carbonyl (C=O) groups is 2. The van der Waals surface area contributed by atoms with E-state index in [9.17, 15) is 14.0 Å². The highest BCUT2D eigenvalue weighted by atomic mass is 79.9. The Morgan fingerprint density at radius 1 is 1.25 bits per heavy atom. The number of pyridine rings is 1. The van der Waals surface area contributed by atoms with Crippen molar-refractivity contribution in [3.05, 3.63) is 55.4 Å². The molecule has 0 bridgehead atoms. The highest BCUT2D eigenvalue weighted by molar-refractivity contribution is 9.10. The summed E-state index contributed by atoms with van der Waals surface area (Å²) in [4.78, 5) is 27.3. The van der Waals surface area contributed by atoms with Gasteiger partial charge in [0.05, 0.1) is 20.8 Å². The number of rotatable bonds is 4. The number of nitrogens with one attached hydrogen (secondary N) is 1. The van der Waals surface area contributed by atoms with Crippen LogP contribution in [0.25, 0.3) is 0 Å². The van der Waals surface area contributed by atoms with E-state index in [4.69, 9.17) is 39.5 Å². The van der Waals surface area contributed by atoms with Crippen LogP contribution >= 0.6 is 50.7 Å². The number of carbonyl (C=O) groups excluding carboxylic acids is 2. The average Bonchev–Trinajstić information content (AvgIpc) is 2.53. The van der Waals surface area contributed by atoms with Crippen LogP contribution in [0.2, 0.25) is 15.1 Å². The van der Waals surface area contributed by atoms with Crippen LogP contribution in [0.1, 0.15) is 10.5 Å². The Bertz CT molecular complexity index is 820. The maximum absolute atomic E-state index is 13.6. The predicted octanol–water partition coefficient (Wildman–Crippen LogP) is 4.74. The summed E-state index contributed by atoms with van der Waals surface area (Å²) in [5.74, 6) is -2.34. The van der Waals surface area contributed by atoms with Gasteiger partial charge >= 0.3 is 5.97 Å². The van der Waals surface area contributed by atoms with E-state index < -0.39 is 24.3 Å². The van der Waals surface area contributed by atoms with E-state index in [1.807, 2.05) is 0 Å². The van der Waals surface area contributed by atoms with Crippen LogP contribution < -0.4 is 5.32 Å². The third-order valence-corrected chi connectivity index (χ3v) is 4.38. The zero-order valence-corrected chi connectivity index (χ0v) is 15.4. The molecule has 24 heavy (non-hydrogen) atoms. The molecule has 0 unspecified atom stereocenters. The highest BCUT2D eigenvalue weighted by Crippen LogP contribution is 2.31. The first-order valence-corrected chi connectivity index (χ1v) is 8.13. The number of nitrogens with zero attached hydrogens (tertiary/aromatic N) is 1. The number of hydrogen-bond donors (Lipinski definition) is 1. The first kappa shape index (κ1) is 18.9. The summed E-state index contributed by atoms with van der Waals surface area (Å²) in [6, 6.07) is 4.08. The lowest BCUT2D eigenvalue weighted by molar-refractivity contribution is -0.119. The van der Waals surface area contributed by atoms with E-state index in [2.05, 4.69) is 26.2 Å². The SMILES string of the molecule is O=C(COC(=O)c1ncc(Cl)c(Cl)c1Cl)Nc1ccc(Br)cc1F. The fourth-order valence-electron chi connectivity index (χ4n) is 1.56. The van der Waals surface area contributed by atoms with E-state index in [1.165, 1.54) is 12.1 Å². The molecule has 0 aliphatic carbocycles. The first-order valence-electron chi connectivity index (χ1n) is 6.21. The fraction of sp³-hybridized carbons (Fsp3) is 0.0714. The number of aromatic nitrogens is 1. The molecule has 0 atom stereocenters. The Balaban J connectivity index is 1.99. The van der Waals surface area contributed by atoms with Crippen molar-refractivity contribution in [2.24, 2.45) is 0 Å². The van der Waals surface area contributed by atoms with Crippen molar-refractivity contribution >= 4 is 68.3 Å². The van der Waals surface area contributed by atoms with Crippen LogP contribution in [-0.2, 0) is 9.53 Å². The predicted molar refractivity (Wildman–Crippen MR) is 92.3 cm³/mol. The number of esters is 1. The normalized spacial score (nSPS) is 10.4. The summed E-state index contributed by atoms with van der Waals surface area (Å²) in [6.07, 6.45) is 1.13. The molecule has 0 saturated heterocycles. The summed E-state index contributed by atoms with van der Waals surface area (Å²) in [5.41, 5.74) is -0.335. The number of hydrogen-bond acceptors (Lipinski definition) is 4. The Labute approximate surface area is 159 Å². The summed E-state index contributed by atoms with van der Waals surface area (Å²) < 4.78 is 18.9. The van der Waals surface area contributed by atoms with Crippen molar-refractivity contribution < 1.29 is 18.7 Å². The summed E-state index contributed by atoms with van der Waals surface area (Å²) >= 11 is 20.4. The van der Waals surface area contributed by atoms with Gasteiger partial charge in [-0.15, -0.1) is 0 Å². The van der Waals surface area contributed by atoms with Crippen molar-refractivity contribution in [3.63, 3.8) is 0 Å². The second-order valence-corrected chi connectivity index (χ2v) is 6.41.